The minimum atomic E-state index is -0.721. The minimum Gasteiger partial charge on any atom is -0.394 e. The lowest BCUT2D eigenvalue weighted by Crippen LogP contribution is -2.42. The van der Waals surface area contributed by atoms with Crippen molar-refractivity contribution in [3.8, 4) is 0 Å². The van der Waals surface area contributed by atoms with Crippen LogP contribution in [0.2, 0.25) is 0 Å². The quantitative estimate of drug-likeness (QED) is 0.658. The third-order valence-electron chi connectivity index (χ3n) is 2.04. The Labute approximate surface area is 83.6 Å². The predicted octanol–water partition coefficient (Wildman–Crippen LogP) is 0.545. The summed E-state index contributed by atoms with van der Waals surface area (Å²) < 4.78 is 0. The summed E-state index contributed by atoms with van der Waals surface area (Å²) >= 11 is 0. The largest absolute Gasteiger partial charge is 0.394 e. The lowest BCUT2D eigenvalue weighted by Gasteiger charge is -2.26. The fourth-order valence-corrected chi connectivity index (χ4v) is 1.04. The monoisotopic (exact) mass is 196 g/mol. The van der Waals surface area contributed by atoms with Crippen LogP contribution < -0.4 is 5.32 Å². The minimum absolute atomic E-state index is 0.140. The highest BCUT2D eigenvalue weighted by atomic mass is 16.3. The molecule has 0 fully saturated rings. The molecule has 0 saturated carbocycles. The molecule has 3 N–H and O–H groups in total. The zero-order valence-corrected chi connectivity index (χ0v) is 8.49. The van der Waals surface area contributed by atoms with Gasteiger partial charge in [0, 0.05) is 6.20 Å². The second-order valence-electron chi connectivity index (χ2n) is 3.72. The van der Waals surface area contributed by atoms with Crippen LogP contribution in [0.1, 0.15) is 12.5 Å². The van der Waals surface area contributed by atoms with Gasteiger partial charge in [0.05, 0.1) is 18.8 Å². The van der Waals surface area contributed by atoms with E-state index in [4.69, 9.17) is 10.2 Å². The molecule has 4 nitrogen and oxygen atoms in total. The van der Waals surface area contributed by atoms with Crippen LogP contribution in [0.25, 0.3) is 0 Å². The van der Waals surface area contributed by atoms with E-state index in [9.17, 15) is 0 Å². The Balaban J connectivity index is 2.77. The van der Waals surface area contributed by atoms with E-state index in [1.807, 2.05) is 19.1 Å². The molecule has 4 heteroatoms. The summed E-state index contributed by atoms with van der Waals surface area (Å²) in [4.78, 5) is 4.09. The molecule has 14 heavy (non-hydrogen) atoms. The van der Waals surface area contributed by atoms with Crippen molar-refractivity contribution in [1.29, 1.82) is 0 Å². The summed E-state index contributed by atoms with van der Waals surface area (Å²) in [6, 6.07) is 3.75. The highest BCUT2D eigenvalue weighted by Gasteiger charge is 2.22. The van der Waals surface area contributed by atoms with E-state index in [0.717, 1.165) is 5.56 Å². The number of hydrogen-bond donors (Lipinski definition) is 3. The van der Waals surface area contributed by atoms with Crippen LogP contribution in [0, 0.1) is 6.92 Å². The normalized spacial score (nSPS) is 11.4. The van der Waals surface area contributed by atoms with Crippen molar-refractivity contribution in [2.45, 2.75) is 19.4 Å². The Morgan fingerprint density at radius 2 is 2.07 bits per heavy atom. The van der Waals surface area contributed by atoms with E-state index in [2.05, 4.69) is 10.3 Å². The molecule has 0 spiro atoms. The first-order valence-corrected chi connectivity index (χ1v) is 4.52. The number of anilines is 1. The van der Waals surface area contributed by atoms with Crippen molar-refractivity contribution in [2.24, 2.45) is 0 Å². The van der Waals surface area contributed by atoms with Gasteiger partial charge in [-0.3, -0.25) is 0 Å². The summed E-state index contributed by atoms with van der Waals surface area (Å²) in [5.74, 6) is 0.663. The van der Waals surface area contributed by atoms with Crippen molar-refractivity contribution in [3.05, 3.63) is 23.9 Å². The van der Waals surface area contributed by atoms with Gasteiger partial charge in [-0.25, -0.2) is 4.98 Å². The molecule has 0 aliphatic rings. The molecular formula is C10H16N2O2. The van der Waals surface area contributed by atoms with Gasteiger partial charge in [0.15, 0.2) is 0 Å². The van der Waals surface area contributed by atoms with Crippen molar-refractivity contribution in [3.63, 3.8) is 0 Å². The van der Waals surface area contributed by atoms with Gasteiger partial charge in [-0.1, -0.05) is 0 Å². The van der Waals surface area contributed by atoms with Crippen LogP contribution in [0.15, 0.2) is 18.3 Å². The third kappa shape index (κ3) is 2.68. The first-order valence-electron chi connectivity index (χ1n) is 4.52. The zero-order chi connectivity index (χ0) is 10.6. The summed E-state index contributed by atoms with van der Waals surface area (Å²) in [6.45, 7) is 3.41. The van der Waals surface area contributed by atoms with Gasteiger partial charge >= 0.3 is 0 Å². The maximum Gasteiger partial charge on any atom is 0.126 e. The molecule has 1 heterocycles. The van der Waals surface area contributed by atoms with Gasteiger partial charge in [-0.15, -0.1) is 0 Å². The van der Waals surface area contributed by atoms with E-state index < -0.39 is 5.54 Å². The molecule has 0 radical (unpaired) electrons. The average Bonchev–Trinajstić information content (AvgIpc) is 2.18. The van der Waals surface area contributed by atoms with Crippen LogP contribution in [-0.4, -0.2) is 33.9 Å². The maximum atomic E-state index is 9.07. The van der Waals surface area contributed by atoms with Crippen LogP contribution in [-0.2, 0) is 0 Å². The van der Waals surface area contributed by atoms with Crippen molar-refractivity contribution >= 4 is 5.82 Å². The number of aliphatic hydroxyl groups excluding tert-OH is 2. The molecular weight excluding hydrogens is 180 g/mol. The Morgan fingerprint density at radius 3 is 2.57 bits per heavy atom. The molecule has 0 amide bonds. The maximum absolute atomic E-state index is 9.07. The van der Waals surface area contributed by atoms with Gasteiger partial charge in [-0.05, 0) is 31.5 Å². The smallest absolute Gasteiger partial charge is 0.126 e. The van der Waals surface area contributed by atoms with Gasteiger partial charge in [0.1, 0.15) is 5.82 Å². The molecule has 0 aliphatic heterocycles. The van der Waals surface area contributed by atoms with Gasteiger partial charge in [0.25, 0.3) is 0 Å². The molecule has 0 saturated heterocycles. The van der Waals surface area contributed by atoms with E-state index in [-0.39, 0.29) is 13.2 Å². The average molecular weight is 196 g/mol. The lowest BCUT2D eigenvalue weighted by molar-refractivity contribution is 0.147. The Hall–Kier alpha value is -1.13. The number of nitrogens with zero attached hydrogens (tertiary/aromatic N) is 1. The SMILES string of the molecule is Cc1ccnc(NC(C)(CO)CO)c1. The van der Waals surface area contributed by atoms with E-state index >= 15 is 0 Å². The topological polar surface area (TPSA) is 65.4 Å². The van der Waals surface area contributed by atoms with Gasteiger partial charge < -0.3 is 15.5 Å². The molecule has 0 bridgehead atoms. The summed E-state index contributed by atoms with van der Waals surface area (Å²) in [5.41, 5.74) is 0.363. The third-order valence-corrected chi connectivity index (χ3v) is 2.04. The van der Waals surface area contributed by atoms with Crippen molar-refractivity contribution in [1.82, 2.24) is 4.98 Å². The number of rotatable bonds is 4. The van der Waals surface area contributed by atoms with Crippen molar-refractivity contribution < 1.29 is 10.2 Å². The zero-order valence-electron chi connectivity index (χ0n) is 8.49. The van der Waals surface area contributed by atoms with E-state index in [0.29, 0.717) is 5.82 Å². The molecule has 1 rings (SSSR count). The van der Waals surface area contributed by atoms with Gasteiger partial charge in [0.2, 0.25) is 0 Å². The predicted molar refractivity (Wildman–Crippen MR) is 55.2 cm³/mol. The number of aliphatic hydroxyl groups is 2. The number of aromatic nitrogens is 1. The fraction of sp³-hybridized carbons (Fsp3) is 0.500. The molecule has 78 valence electrons. The summed E-state index contributed by atoms with van der Waals surface area (Å²) in [7, 11) is 0. The molecule has 1 aromatic rings. The summed E-state index contributed by atoms with van der Waals surface area (Å²) in [6.07, 6.45) is 1.69. The number of pyridine rings is 1. The molecule has 0 aliphatic carbocycles. The highest BCUT2D eigenvalue weighted by Crippen LogP contribution is 2.12. The molecule has 0 aromatic carbocycles. The second-order valence-corrected chi connectivity index (χ2v) is 3.72. The highest BCUT2D eigenvalue weighted by molar-refractivity contribution is 5.39. The Kier molecular flexibility index (Phi) is 3.43. The van der Waals surface area contributed by atoms with Crippen molar-refractivity contribution in [2.75, 3.05) is 18.5 Å². The molecule has 0 unspecified atom stereocenters. The fourth-order valence-electron chi connectivity index (χ4n) is 1.04. The van der Waals surface area contributed by atoms with Gasteiger partial charge in [-0.2, -0.15) is 0 Å². The van der Waals surface area contributed by atoms with E-state index in [1.54, 1.807) is 13.1 Å². The first-order chi connectivity index (χ1) is 6.59. The van der Waals surface area contributed by atoms with Crippen LogP contribution in [0.5, 0.6) is 0 Å². The number of hydrogen-bond acceptors (Lipinski definition) is 4. The summed E-state index contributed by atoms with van der Waals surface area (Å²) in [5, 5.41) is 21.1. The molecule has 1 aromatic heterocycles. The standard InChI is InChI=1S/C10H16N2O2/c1-8-3-4-11-9(5-8)12-10(2,6-13)7-14/h3-5,13-14H,6-7H2,1-2H3,(H,11,12). The molecule has 0 atom stereocenters. The first kappa shape index (κ1) is 10.9. The van der Waals surface area contributed by atoms with Crippen LogP contribution in [0.3, 0.4) is 0 Å². The lowest BCUT2D eigenvalue weighted by atomic mass is 10.1. The van der Waals surface area contributed by atoms with E-state index in [1.165, 1.54) is 0 Å². The number of nitrogens with one attached hydrogen (secondary N) is 1. The van der Waals surface area contributed by atoms with Crippen LogP contribution in [0.4, 0.5) is 5.82 Å². The second kappa shape index (κ2) is 4.39. The number of aryl methyl sites for hydroxylation is 1. The van der Waals surface area contributed by atoms with Crippen LogP contribution >= 0.6 is 0 Å². The Morgan fingerprint density at radius 1 is 1.43 bits per heavy atom. The Bertz CT molecular complexity index is 298.